The van der Waals surface area contributed by atoms with Crippen LogP contribution in [0.25, 0.3) is 16.9 Å². The first kappa shape index (κ1) is 14.2. The minimum absolute atomic E-state index is 0.579. The zero-order chi connectivity index (χ0) is 15.0. The first-order valence-corrected chi connectivity index (χ1v) is 7.60. The summed E-state index contributed by atoms with van der Waals surface area (Å²) in [7, 11) is 0. The van der Waals surface area contributed by atoms with E-state index in [-0.39, 0.29) is 0 Å². The molecule has 0 atom stereocenters. The van der Waals surface area contributed by atoms with E-state index in [0.29, 0.717) is 10.8 Å². The molecule has 106 valence electrons. The molecule has 21 heavy (non-hydrogen) atoms. The van der Waals surface area contributed by atoms with Crippen LogP contribution in [0.3, 0.4) is 0 Å². The molecular weight excluding hydrogens is 350 g/mol. The second kappa shape index (κ2) is 5.54. The molecule has 1 aromatic heterocycles. The largest absolute Gasteiger partial charge is 0.384 e. The maximum absolute atomic E-state index is 6.22. The summed E-state index contributed by atoms with van der Waals surface area (Å²) < 4.78 is 2.77. The summed E-state index contributed by atoms with van der Waals surface area (Å²) in [6, 6.07) is 15.4. The van der Waals surface area contributed by atoms with Gasteiger partial charge in [-0.3, -0.25) is 0 Å². The number of benzene rings is 2. The van der Waals surface area contributed by atoms with E-state index in [1.54, 1.807) is 4.68 Å². The lowest BCUT2D eigenvalue weighted by molar-refractivity contribution is 0.886. The quantitative estimate of drug-likeness (QED) is 0.708. The molecule has 2 aromatic carbocycles. The fourth-order valence-electron chi connectivity index (χ4n) is 2.25. The monoisotopic (exact) mass is 361 g/mol. The van der Waals surface area contributed by atoms with Crippen molar-refractivity contribution in [2.24, 2.45) is 0 Å². The lowest BCUT2D eigenvalue weighted by atomic mass is 10.1. The molecule has 0 aliphatic carbocycles. The average molecular weight is 363 g/mol. The van der Waals surface area contributed by atoms with Gasteiger partial charge in [0, 0.05) is 16.1 Å². The highest BCUT2D eigenvalue weighted by molar-refractivity contribution is 9.10. The molecule has 0 saturated heterocycles. The van der Waals surface area contributed by atoms with E-state index in [4.69, 9.17) is 17.3 Å². The number of halogens is 2. The van der Waals surface area contributed by atoms with E-state index in [9.17, 15) is 0 Å². The van der Waals surface area contributed by atoms with Gasteiger partial charge >= 0.3 is 0 Å². The average Bonchev–Trinajstić information content (AvgIpc) is 2.81. The van der Waals surface area contributed by atoms with Gasteiger partial charge in [-0.1, -0.05) is 45.7 Å². The number of anilines is 1. The van der Waals surface area contributed by atoms with Crippen LogP contribution in [0.1, 0.15) is 5.56 Å². The molecule has 3 rings (SSSR count). The number of aryl methyl sites for hydroxylation is 1. The molecule has 0 spiro atoms. The topological polar surface area (TPSA) is 43.8 Å². The minimum Gasteiger partial charge on any atom is -0.384 e. The highest BCUT2D eigenvalue weighted by Crippen LogP contribution is 2.30. The van der Waals surface area contributed by atoms with Crippen LogP contribution in [0.5, 0.6) is 0 Å². The first-order valence-electron chi connectivity index (χ1n) is 6.43. The van der Waals surface area contributed by atoms with Gasteiger partial charge in [0.1, 0.15) is 5.82 Å². The van der Waals surface area contributed by atoms with E-state index in [0.717, 1.165) is 27.0 Å². The van der Waals surface area contributed by atoms with Gasteiger partial charge in [-0.25, -0.2) is 4.68 Å². The number of rotatable bonds is 2. The predicted molar refractivity (Wildman–Crippen MR) is 90.9 cm³/mol. The van der Waals surface area contributed by atoms with Crippen molar-refractivity contribution in [1.29, 1.82) is 0 Å². The third kappa shape index (κ3) is 2.69. The molecule has 0 saturated carbocycles. The number of hydrogen-bond acceptors (Lipinski definition) is 2. The summed E-state index contributed by atoms with van der Waals surface area (Å²) in [5.74, 6) is 0.579. The van der Waals surface area contributed by atoms with Crippen LogP contribution in [0.2, 0.25) is 5.02 Å². The van der Waals surface area contributed by atoms with Crippen LogP contribution < -0.4 is 5.73 Å². The molecule has 1 heterocycles. The Morgan fingerprint density at radius 2 is 1.90 bits per heavy atom. The summed E-state index contributed by atoms with van der Waals surface area (Å²) in [6.45, 7) is 2.02. The fraction of sp³-hybridized carbons (Fsp3) is 0.0625. The second-order valence-corrected chi connectivity index (χ2v) is 6.10. The SMILES string of the molecule is Cc1cc(Br)ccc1-n1nc(-c2ccccc2Cl)cc1N. The number of aromatic nitrogens is 2. The molecule has 0 aliphatic rings. The third-order valence-electron chi connectivity index (χ3n) is 3.27. The lowest BCUT2D eigenvalue weighted by Crippen LogP contribution is -2.03. The zero-order valence-corrected chi connectivity index (χ0v) is 13.7. The van der Waals surface area contributed by atoms with Gasteiger partial charge in [0.15, 0.2) is 0 Å². The molecule has 0 aliphatic heterocycles. The zero-order valence-electron chi connectivity index (χ0n) is 11.3. The van der Waals surface area contributed by atoms with Crippen molar-refractivity contribution < 1.29 is 0 Å². The Kier molecular flexibility index (Phi) is 3.74. The predicted octanol–water partition coefficient (Wildman–Crippen LogP) is 4.85. The maximum atomic E-state index is 6.22. The number of nitrogen functional groups attached to an aromatic ring is 1. The molecule has 0 amide bonds. The van der Waals surface area contributed by atoms with Gasteiger partial charge in [-0.05, 0) is 36.8 Å². The Balaban J connectivity index is 2.12. The molecule has 0 unspecified atom stereocenters. The van der Waals surface area contributed by atoms with Crippen molar-refractivity contribution in [3.63, 3.8) is 0 Å². The van der Waals surface area contributed by atoms with Gasteiger partial charge in [0.2, 0.25) is 0 Å². The van der Waals surface area contributed by atoms with Crippen molar-refractivity contribution in [3.8, 4) is 16.9 Å². The molecule has 5 heteroatoms. The summed E-state index contributed by atoms with van der Waals surface area (Å²) in [5, 5.41) is 5.26. The van der Waals surface area contributed by atoms with Crippen molar-refractivity contribution >= 4 is 33.3 Å². The Bertz CT molecular complexity index is 811. The molecular formula is C16H13BrClN3. The van der Waals surface area contributed by atoms with E-state index in [1.807, 2.05) is 55.5 Å². The molecule has 3 aromatic rings. The summed E-state index contributed by atoms with van der Waals surface area (Å²) in [5.41, 5.74) is 9.79. The Hall–Kier alpha value is -1.78. The minimum atomic E-state index is 0.579. The third-order valence-corrected chi connectivity index (χ3v) is 4.10. The van der Waals surface area contributed by atoms with E-state index < -0.39 is 0 Å². The van der Waals surface area contributed by atoms with Crippen molar-refractivity contribution in [2.75, 3.05) is 5.73 Å². The second-order valence-electron chi connectivity index (χ2n) is 4.78. The Morgan fingerprint density at radius 3 is 2.62 bits per heavy atom. The van der Waals surface area contributed by atoms with Crippen molar-refractivity contribution in [2.45, 2.75) is 6.92 Å². The van der Waals surface area contributed by atoms with Crippen LogP contribution in [0.4, 0.5) is 5.82 Å². The normalized spacial score (nSPS) is 10.8. The van der Waals surface area contributed by atoms with Crippen LogP contribution in [0, 0.1) is 6.92 Å². The van der Waals surface area contributed by atoms with Gasteiger partial charge in [-0.15, -0.1) is 0 Å². The molecule has 0 fully saturated rings. The molecule has 0 bridgehead atoms. The smallest absolute Gasteiger partial charge is 0.127 e. The number of nitrogens with two attached hydrogens (primary N) is 1. The highest BCUT2D eigenvalue weighted by Gasteiger charge is 2.12. The number of nitrogens with zero attached hydrogens (tertiary/aromatic N) is 2. The summed E-state index contributed by atoms with van der Waals surface area (Å²) in [4.78, 5) is 0. The van der Waals surface area contributed by atoms with E-state index >= 15 is 0 Å². The van der Waals surface area contributed by atoms with Gasteiger partial charge in [0.05, 0.1) is 16.4 Å². The van der Waals surface area contributed by atoms with Crippen LogP contribution in [0.15, 0.2) is 53.0 Å². The van der Waals surface area contributed by atoms with Gasteiger partial charge in [-0.2, -0.15) is 5.10 Å². The summed E-state index contributed by atoms with van der Waals surface area (Å²) in [6.07, 6.45) is 0. The summed E-state index contributed by atoms with van der Waals surface area (Å²) >= 11 is 9.68. The molecule has 2 N–H and O–H groups in total. The fourth-order valence-corrected chi connectivity index (χ4v) is 2.95. The van der Waals surface area contributed by atoms with Crippen LogP contribution in [-0.4, -0.2) is 9.78 Å². The van der Waals surface area contributed by atoms with Crippen molar-refractivity contribution in [1.82, 2.24) is 9.78 Å². The first-order chi connectivity index (χ1) is 10.1. The van der Waals surface area contributed by atoms with Gasteiger partial charge < -0.3 is 5.73 Å². The lowest BCUT2D eigenvalue weighted by Gasteiger charge is -2.08. The van der Waals surface area contributed by atoms with Crippen LogP contribution >= 0.6 is 27.5 Å². The standard InChI is InChI=1S/C16H13BrClN3/c1-10-8-11(17)6-7-15(10)21-16(19)9-14(20-21)12-4-2-3-5-13(12)18/h2-9H,19H2,1H3. The number of hydrogen-bond donors (Lipinski definition) is 1. The Morgan fingerprint density at radius 1 is 1.14 bits per heavy atom. The van der Waals surface area contributed by atoms with Gasteiger partial charge in [0.25, 0.3) is 0 Å². The van der Waals surface area contributed by atoms with E-state index in [1.165, 1.54) is 0 Å². The highest BCUT2D eigenvalue weighted by atomic mass is 79.9. The van der Waals surface area contributed by atoms with E-state index in [2.05, 4.69) is 21.0 Å². The maximum Gasteiger partial charge on any atom is 0.127 e. The molecule has 0 radical (unpaired) electrons. The van der Waals surface area contributed by atoms with Crippen LogP contribution in [-0.2, 0) is 0 Å². The van der Waals surface area contributed by atoms with Crippen molar-refractivity contribution in [3.05, 3.63) is 63.6 Å². The molecule has 3 nitrogen and oxygen atoms in total. The Labute approximate surface area is 136 Å².